The highest BCUT2D eigenvalue weighted by molar-refractivity contribution is 7.80. The van der Waals surface area contributed by atoms with Crippen molar-refractivity contribution in [3.8, 4) is 17.2 Å². The molecule has 3 rings (SSSR count). The van der Waals surface area contributed by atoms with Gasteiger partial charge in [-0.2, -0.15) is 0 Å². The first-order valence-electron chi connectivity index (χ1n) is 9.77. The lowest BCUT2D eigenvalue weighted by Crippen LogP contribution is -2.35. The highest BCUT2D eigenvalue weighted by Gasteiger charge is 2.07. The van der Waals surface area contributed by atoms with Gasteiger partial charge in [0.2, 0.25) is 5.91 Å². The minimum absolute atomic E-state index is 0.201. The number of carbonyl (C=O) groups excluding carboxylic acids is 1. The summed E-state index contributed by atoms with van der Waals surface area (Å²) in [5.74, 6) is 2.02. The molecule has 0 aliphatic rings. The molecule has 3 aromatic carbocycles. The Kier molecular flexibility index (Phi) is 8.25. The number of hydrogen-bond donors (Lipinski definition) is 2. The highest BCUT2D eigenvalue weighted by Crippen LogP contribution is 2.17. The molecule has 0 aromatic heterocycles. The van der Waals surface area contributed by atoms with Crippen LogP contribution in [0.25, 0.3) is 0 Å². The molecule has 31 heavy (non-hydrogen) atoms. The number of methoxy groups -OCH3 is 1. The third-order valence-electron chi connectivity index (χ3n) is 4.23. The molecular formula is C24H24N2O4S. The maximum atomic E-state index is 12.2. The predicted octanol–water partition coefficient (Wildman–Crippen LogP) is 4.21. The summed E-state index contributed by atoms with van der Waals surface area (Å²) < 4.78 is 16.5. The van der Waals surface area contributed by atoms with Gasteiger partial charge in [0.15, 0.2) is 5.11 Å². The largest absolute Gasteiger partial charge is 0.497 e. The van der Waals surface area contributed by atoms with E-state index in [1.165, 1.54) is 0 Å². The van der Waals surface area contributed by atoms with Crippen LogP contribution in [-0.2, 0) is 11.2 Å². The number of anilines is 1. The van der Waals surface area contributed by atoms with E-state index in [1.807, 2.05) is 78.9 Å². The van der Waals surface area contributed by atoms with E-state index in [0.717, 1.165) is 22.7 Å². The van der Waals surface area contributed by atoms with Gasteiger partial charge >= 0.3 is 0 Å². The van der Waals surface area contributed by atoms with E-state index in [9.17, 15) is 4.79 Å². The number of ether oxygens (including phenoxy) is 3. The van der Waals surface area contributed by atoms with Crippen LogP contribution in [-0.4, -0.2) is 31.3 Å². The Balaban J connectivity index is 1.42. The van der Waals surface area contributed by atoms with E-state index in [4.69, 9.17) is 26.4 Å². The van der Waals surface area contributed by atoms with E-state index in [-0.39, 0.29) is 17.4 Å². The van der Waals surface area contributed by atoms with Crippen LogP contribution in [0.3, 0.4) is 0 Å². The van der Waals surface area contributed by atoms with Crippen LogP contribution >= 0.6 is 12.2 Å². The summed E-state index contributed by atoms with van der Waals surface area (Å²) in [6.45, 7) is 0.836. The molecule has 0 unspecified atom stereocenters. The lowest BCUT2D eigenvalue weighted by Gasteiger charge is -2.12. The quantitative estimate of drug-likeness (QED) is 0.387. The van der Waals surface area contributed by atoms with Gasteiger partial charge in [-0.25, -0.2) is 0 Å². The Morgan fingerprint density at radius 1 is 0.839 bits per heavy atom. The molecule has 0 atom stereocenters. The Labute approximate surface area is 187 Å². The van der Waals surface area contributed by atoms with Crippen LogP contribution in [0, 0.1) is 0 Å². The summed E-state index contributed by atoms with van der Waals surface area (Å²) in [5, 5.41) is 5.91. The molecule has 1 amide bonds. The fourth-order valence-corrected chi connectivity index (χ4v) is 2.99. The smallest absolute Gasteiger partial charge is 0.230 e. The van der Waals surface area contributed by atoms with Crippen molar-refractivity contribution in [1.29, 1.82) is 0 Å². The summed E-state index contributed by atoms with van der Waals surface area (Å²) in [6, 6.07) is 24.2. The van der Waals surface area contributed by atoms with Crippen molar-refractivity contribution in [1.82, 2.24) is 5.32 Å². The minimum atomic E-state index is -0.201. The summed E-state index contributed by atoms with van der Waals surface area (Å²) in [7, 11) is 1.60. The van der Waals surface area contributed by atoms with Gasteiger partial charge in [0.05, 0.1) is 13.5 Å². The molecule has 0 bridgehead atoms. The summed E-state index contributed by atoms with van der Waals surface area (Å²) in [5.41, 5.74) is 1.59. The number of thiocarbonyl (C=S) groups is 1. The second-order valence-corrected chi connectivity index (χ2v) is 6.97. The normalized spacial score (nSPS) is 10.1. The van der Waals surface area contributed by atoms with Crippen LogP contribution < -0.4 is 24.8 Å². The molecule has 0 heterocycles. The van der Waals surface area contributed by atoms with Gasteiger partial charge < -0.3 is 24.8 Å². The zero-order valence-electron chi connectivity index (χ0n) is 17.2. The molecule has 160 valence electrons. The van der Waals surface area contributed by atoms with Gasteiger partial charge in [-0.1, -0.05) is 36.4 Å². The molecule has 0 saturated carbocycles. The van der Waals surface area contributed by atoms with Gasteiger partial charge in [-0.15, -0.1) is 0 Å². The molecule has 3 aromatic rings. The monoisotopic (exact) mass is 436 g/mol. The molecule has 0 aliphatic carbocycles. The SMILES string of the molecule is COc1ccc(CC(=O)NC(=S)Nc2cccc(OCCOc3ccccc3)c2)cc1. The average Bonchev–Trinajstić information content (AvgIpc) is 2.78. The van der Waals surface area contributed by atoms with E-state index in [1.54, 1.807) is 7.11 Å². The predicted molar refractivity (Wildman–Crippen MR) is 125 cm³/mol. The van der Waals surface area contributed by atoms with Crippen LogP contribution in [0.2, 0.25) is 0 Å². The van der Waals surface area contributed by atoms with Crippen molar-refractivity contribution in [2.45, 2.75) is 6.42 Å². The number of benzene rings is 3. The first-order valence-corrected chi connectivity index (χ1v) is 10.2. The number of amides is 1. The summed E-state index contributed by atoms with van der Waals surface area (Å²) in [6.07, 6.45) is 0.219. The third-order valence-corrected chi connectivity index (χ3v) is 4.44. The van der Waals surface area contributed by atoms with Crippen LogP contribution in [0.4, 0.5) is 5.69 Å². The maximum absolute atomic E-state index is 12.2. The van der Waals surface area contributed by atoms with Crippen molar-refractivity contribution in [3.63, 3.8) is 0 Å². The standard InChI is InChI=1S/C24H24N2O4S/c1-28-20-12-10-18(11-13-20)16-23(27)26-24(31)25-19-6-5-9-22(17-19)30-15-14-29-21-7-3-2-4-8-21/h2-13,17H,14-16H2,1H3,(H2,25,26,27,31). The molecule has 0 spiro atoms. The van der Waals surface area contributed by atoms with E-state index in [0.29, 0.717) is 19.0 Å². The van der Waals surface area contributed by atoms with Gasteiger partial charge in [0.25, 0.3) is 0 Å². The molecule has 0 saturated heterocycles. The molecule has 6 nitrogen and oxygen atoms in total. The fraction of sp³-hybridized carbons (Fsp3) is 0.167. The zero-order chi connectivity index (χ0) is 21.9. The number of nitrogens with one attached hydrogen (secondary N) is 2. The molecule has 2 N–H and O–H groups in total. The molecular weight excluding hydrogens is 412 g/mol. The van der Waals surface area contributed by atoms with Crippen LogP contribution in [0.5, 0.6) is 17.2 Å². The van der Waals surface area contributed by atoms with Crippen molar-refractivity contribution < 1.29 is 19.0 Å². The minimum Gasteiger partial charge on any atom is -0.497 e. The molecule has 0 radical (unpaired) electrons. The van der Waals surface area contributed by atoms with Gasteiger partial charge in [0.1, 0.15) is 30.5 Å². The summed E-state index contributed by atoms with van der Waals surface area (Å²) >= 11 is 5.25. The lowest BCUT2D eigenvalue weighted by molar-refractivity contribution is -0.119. The Hall–Kier alpha value is -3.58. The Morgan fingerprint density at radius 2 is 1.52 bits per heavy atom. The number of hydrogen-bond acceptors (Lipinski definition) is 5. The number of para-hydroxylation sites is 1. The first kappa shape index (κ1) is 22.1. The van der Waals surface area contributed by atoms with Crippen LogP contribution in [0.15, 0.2) is 78.9 Å². The van der Waals surface area contributed by atoms with Gasteiger partial charge in [0, 0.05) is 11.8 Å². The number of rotatable bonds is 9. The van der Waals surface area contributed by atoms with Gasteiger partial charge in [-0.05, 0) is 54.2 Å². The fourth-order valence-electron chi connectivity index (χ4n) is 2.76. The van der Waals surface area contributed by atoms with Gasteiger partial charge in [-0.3, -0.25) is 4.79 Å². The van der Waals surface area contributed by atoms with E-state index >= 15 is 0 Å². The van der Waals surface area contributed by atoms with Crippen molar-refractivity contribution in [2.24, 2.45) is 0 Å². The second-order valence-electron chi connectivity index (χ2n) is 6.56. The molecule has 7 heteroatoms. The van der Waals surface area contributed by atoms with E-state index < -0.39 is 0 Å². The first-order chi connectivity index (χ1) is 15.1. The third kappa shape index (κ3) is 7.64. The second kappa shape index (κ2) is 11.6. The van der Waals surface area contributed by atoms with Crippen LogP contribution in [0.1, 0.15) is 5.56 Å². The Morgan fingerprint density at radius 3 is 2.23 bits per heavy atom. The van der Waals surface area contributed by atoms with Crippen molar-refractivity contribution in [3.05, 3.63) is 84.4 Å². The average molecular weight is 437 g/mol. The Bertz CT molecular complexity index is 994. The molecule has 0 aliphatic heterocycles. The number of carbonyl (C=O) groups is 1. The van der Waals surface area contributed by atoms with Crippen molar-refractivity contribution >= 4 is 28.9 Å². The van der Waals surface area contributed by atoms with E-state index in [2.05, 4.69) is 10.6 Å². The zero-order valence-corrected chi connectivity index (χ0v) is 18.0. The molecule has 0 fully saturated rings. The lowest BCUT2D eigenvalue weighted by atomic mass is 10.1. The maximum Gasteiger partial charge on any atom is 0.230 e. The topological polar surface area (TPSA) is 68.8 Å². The van der Waals surface area contributed by atoms with Crippen molar-refractivity contribution in [2.75, 3.05) is 25.6 Å². The summed E-state index contributed by atoms with van der Waals surface area (Å²) in [4.78, 5) is 12.2. The highest BCUT2D eigenvalue weighted by atomic mass is 32.1.